The highest BCUT2D eigenvalue weighted by Crippen LogP contribution is 2.01. The molecule has 0 spiro atoms. The molecule has 0 heterocycles. The summed E-state index contributed by atoms with van der Waals surface area (Å²) >= 11 is 0. The van der Waals surface area contributed by atoms with Gasteiger partial charge >= 0.3 is 5.97 Å². The average Bonchev–Trinajstić information content (AvgIpc) is 2.28. The molecule has 0 aliphatic heterocycles. The lowest BCUT2D eigenvalue weighted by Gasteiger charge is -2.17. The van der Waals surface area contributed by atoms with Crippen molar-refractivity contribution in [2.75, 3.05) is 26.2 Å². The number of likely N-dealkylation sites (N-methyl/N-ethyl adjacent to an activating group) is 2. The normalized spacial score (nSPS) is 11.6. The van der Waals surface area contributed by atoms with Crippen LogP contribution in [-0.2, 0) is 9.59 Å². The van der Waals surface area contributed by atoms with Crippen molar-refractivity contribution in [2.24, 2.45) is 0 Å². The predicted molar refractivity (Wildman–Crippen MR) is 66.8 cm³/mol. The molecule has 0 atom stereocenters. The molecular formula is C12H22N2O3. The molecule has 2 N–H and O–H groups in total. The second-order valence-corrected chi connectivity index (χ2v) is 3.67. The van der Waals surface area contributed by atoms with E-state index in [9.17, 15) is 9.59 Å². The molecule has 0 aromatic carbocycles. The maximum Gasteiger partial charge on any atom is 0.331 e. The third-order valence-corrected chi connectivity index (χ3v) is 2.44. The Kier molecular flexibility index (Phi) is 8.05. The standard InChI is InChI=1S/C12H22N2O3/c1-4-10(12(16)17)7-8-14(6-3)9-11(15)13-5-2/h7H,4-6,8-9H2,1-3H3,(H,13,15)(H,16,17). The van der Waals surface area contributed by atoms with Gasteiger partial charge in [0.05, 0.1) is 6.54 Å². The summed E-state index contributed by atoms with van der Waals surface area (Å²) in [6, 6.07) is 0. The number of carboxylic acids is 1. The molecule has 98 valence electrons. The van der Waals surface area contributed by atoms with E-state index in [-0.39, 0.29) is 5.91 Å². The number of nitrogens with one attached hydrogen (secondary N) is 1. The van der Waals surface area contributed by atoms with Crippen LogP contribution in [-0.4, -0.2) is 48.1 Å². The van der Waals surface area contributed by atoms with Crippen LogP contribution < -0.4 is 5.32 Å². The van der Waals surface area contributed by atoms with Gasteiger partial charge in [-0.1, -0.05) is 19.9 Å². The molecule has 0 aliphatic carbocycles. The van der Waals surface area contributed by atoms with Crippen LogP contribution in [0.15, 0.2) is 11.6 Å². The molecule has 0 saturated carbocycles. The van der Waals surface area contributed by atoms with Crippen LogP contribution in [0.2, 0.25) is 0 Å². The van der Waals surface area contributed by atoms with Gasteiger partial charge in [0.25, 0.3) is 0 Å². The summed E-state index contributed by atoms with van der Waals surface area (Å²) in [7, 11) is 0. The smallest absolute Gasteiger partial charge is 0.331 e. The highest BCUT2D eigenvalue weighted by molar-refractivity contribution is 5.86. The van der Waals surface area contributed by atoms with Crippen molar-refractivity contribution in [3.8, 4) is 0 Å². The monoisotopic (exact) mass is 242 g/mol. The topological polar surface area (TPSA) is 69.6 Å². The molecule has 0 rings (SSSR count). The number of carbonyl (C=O) groups is 2. The first kappa shape index (κ1) is 15.6. The first-order chi connectivity index (χ1) is 8.04. The Morgan fingerprint density at radius 1 is 1.29 bits per heavy atom. The van der Waals surface area contributed by atoms with Crippen LogP contribution in [0, 0.1) is 0 Å². The first-order valence-electron chi connectivity index (χ1n) is 5.96. The van der Waals surface area contributed by atoms with Crippen molar-refractivity contribution in [1.29, 1.82) is 0 Å². The molecular weight excluding hydrogens is 220 g/mol. The fourth-order valence-corrected chi connectivity index (χ4v) is 1.38. The fourth-order valence-electron chi connectivity index (χ4n) is 1.38. The van der Waals surface area contributed by atoms with Crippen molar-refractivity contribution in [2.45, 2.75) is 27.2 Å². The summed E-state index contributed by atoms with van der Waals surface area (Å²) in [4.78, 5) is 24.1. The summed E-state index contributed by atoms with van der Waals surface area (Å²) in [5.74, 6) is -0.919. The lowest BCUT2D eigenvalue weighted by Crippen LogP contribution is -2.37. The van der Waals surface area contributed by atoms with E-state index in [0.29, 0.717) is 38.2 Å². The van der Waals surface area contributed by atoms with E-state index in [2.05, 4.69) is 5.32 Å². The number of carbonyl (C=O) groups excluding carboxylic acids is 1. The molecule has 0 aromatic heterocycles. The number of aliphatic carboxylic acids is 1. The SMILES string of the molecule is CCNC(=O)CN(CC)CC=C(CC)C(=O)O. The summed E-state index contributed by atoms with van der Waals surface area (Å²) in [5.41, 5.74) is 0.388. The lowest BCUT2D eigenvalue weighted by molar-refractivity contribution is -0.132. The molecule has 0 radical (unpaired) electrons. The van der Waals surface area contributed by atoms with Crippen molar-refractivity contribution in [3.63, 3.8) is 0 Å². The van der Waals surface area contributed by atoms with Crippen LogP contribution in [0.5, 0.6) is 0 Å². The maximum atomic E-state index is 11.4. The Bertz CT molecular complexity index is 287. The number of hydrogen-bond donors (Lipinski definition) is 2. The van der Waals surface area contributed by atoms with E-state index in [1.165, 1.54) is 0 Å². The Morgan fingerprint density at radius 3 is 2.35 bits per heavy atom. The highest BCUT2D eigenvalue weighted by Gasteiger charge is 2.09. The zero-order chi connectivity index (χ0) is 13.3. The van der Waals surface area contributed by atoms with Gasteiger partial charge in [-0.25, -0.2) is 4.79 Å². The van der Waals surface area contributed by atoms with Crippen molar-refractivity contribution in [3.05, 3.63) is 11.6 Å². The van der Waals surface area contributed by atoms with E-state index >= 15 is 0 Å². The zero-order valence-electron chi connectivity index (χ0n) is 10.8. The van der Waals surface area contributed by atoms with Gasteiger partial charge in [-0.05, 0) is 19.9 Å². The van der Waals surface area contributed by atoms with Gasteiger partial charge in [0.15, 0.2) is 0 Å². The van der Waals surface area contributed by atoms with Gasteiger partial charge in [0, 0.05) is 18.7 Å². The Balaban J connectivity index is 4.30. The molecule has 0 aromatic rings. The third-order valence-electron chi connectivity index (χ3n) is 2.44. The third kappa shape index (κ3) is 6.73. The second kappa shape index (κ2) is 8.75. The molecule has 0 bridgehead atoms. The van der Waals surface area contributed by atoms with Gasteiger partial charge < -0.3 is 10.4 Å². The minimum absolute atomic E-state index is 0.0314. The van der Waals surface area contributed by atoms with Crippen molar-refractivity contribution in [1.82, 2.24) is 10.2 Å². The number of carboxylic acid groups (broad SMARTS) is 1. The van der Waals surface area contributed by atoms with E-state index in [0.717, 1.165) is 0 Å². The lowest BCUT2D eigenvalue weighted by atomic mass is 10.2. The van der Waals surface area contributed by atoms with Crippen LogP contribution in [0.25, 0.3) is 0 Å². The largest absolute Gasteiger partial charge is 0.478 e. The Labute approximate surface area is 102 Å². The van der Waals surface area contributed by atoms with Crippen molar-refractivity contribution >= 4 is 11.9 Å². The van der Waals surface area contributed by atoms with Gasteiger partial charge in [-0.3, -0.25) is 9.69 Å². The van der Waals surface area contributed by atoms with Crippen LogP contribution in [0.3, 0.4) is 0 Å². The van der Waals surface area contributed by atoms with Crippen LogP contribution >= 0.6 is 0 Å². The molecule has 5 nitrogen and oxygen atoms in total. The molecule has 17 heavy (non-hydrogen) atoms. The quantitative estimate of drug-likeness (QED) is 0.620. The zero-order valence-corrected chi connectivity index (χ0v) is 10.8. The van der Waals surface area contributed by atoms with E-state index in [1.807, 2.05) is 18.7 Å². The van der Waals surface area contributed by atoms with Crippen LogP contribution in [0.1, 0.15) is 27.2 Å². The number of amides is 1. The predicted octanol–water partition coefficient (Wildman–Crippen LogP) is 0.865. The number of rotatable bonds is 8. The minimum Gasteiger partial charge on any atom is -0.478 e. The maximum absolute atomic E-state index is 11.4. The molecule has 1 amide bonds. The van der Waals surface area contributed by atoms with E-state index in [4.69, 9.17) is 5.11 Å². The minimum atomic E-state index is -0.887. The molecule has 0 saturated heterocycles. The van der Waals surface area contributed by atoms with Crippen LogP contribution in [0.4, 0.5) is 0 Å². The first-order valence-corrected chi connectivity index (χ1v) is 5.96. The molecule has 0 aliphatic rings. The van der Waals surface area contributed by atoms with Gasteiger partial charge in [0.2, 0.25) is 5.91 Å². The Hall–Kier alpha value is -1.36. The molecule has 0 unspecified atom stereocenters. The summed E-state index contributed by atoms with van der Waals surface area (Å²) in [6.07, 6.45) is 2.17. The summed E-state index contributed by atoms with van der Waals surface area (Å²) < 4.78 is 0. The number of nitrogens with zero attached hydrogens (tertiary/aromatic N) is 1. The van der Waals surface area contributed by atoms with Crippen molar-refractivity contribution < 1.29 is 14.7 Å². The van der Waals surface area contributed by atoms with Gasteiger partial charge in [-0.15, -0.1) is 0 Å². The fraction of sp³-hybridized carbons (Fsp3) is 0.667. The van der Waals surface area contributed by atoms with Gasteiger partial charge in [-0.2, -0.15) is 0 Å². The highest BCUT2D eigenvalue weighted by atomic mass is 16.4. The average molecular weight is 242 g/mol. The van der Waals surface area contributed by atoms with Gasteiger partial charge in [0.1, 0.15) is 0 Å². The second-order valence-electron chi connectivity index (χ2n) is 3.67. The molecule has 5 heteroatoms. The number of hydrogen-bond acceptors (Lipinski definition) is 3. The van der Waals surface area contributed by atoms with E-state index in [1.54, 1.807) is 13.0 Å². The molecule has 0 fully saturated rings. The van der Waals surface area contributed by atoms with E-state index < -0.39 is 5.97 Å². The summed E-state index contributed by atoms with van der Waals surface area (Å²) in [6.45, 7) is 7.74. The summed E-state index contributed by atoms with van der Waals surface area (Å²) in [5, 5.41) is 11.6. The Morgan fingerprint density at radius 2 is 1.94 bits per heavy atom.